The maximum absolute atomic E-state index is 11.1. The first kappa shape index (κ1) is 17.0. The predicted octanol–water partition coefficient (Wildman–Crippen LogP) is 4.83. The molecule has 0 aliphatic heterocycles. The van der Waals surface area contributed by atoms with E-state index in [-0.39, 0.29) is 6.04 Å². The molecule has 0 bridgehead atoms. The molecule has 0 aromatic heterocycles. The number of carbonyl (C=O) groups excluding carboxylic acids is 1. The average molecular weight is 270 g/mol. The first-order valence-electron chi connectivity index (χ1n) is 6.60. The van der Waals surface area contributed by atoms with Crippen molar-refractivity contribution in [1.29, 1.82) is 0 Å². The highest BCUT2D eigenvalue weighted by Gasteiger charge is 2.13. The quantitative estimate of drug-likeness (QED) is 0.702. The summed E-state index contributed by atoms with van der Waals surface area (Å²) in [4.78, 5) is 12.8. The third kappa shape index (κ3) is 4.69. The van der Waals surface area contributed by atoms with Gasteiger partial charge < -0.3 is 4.90 Å². The van der Waals surface area contributed by atoms with Gasteiger partial charge in [-0.1, -0.05) is 44.9 Å². The van der Waals surface area contributed by atoms with Gasteiger partial charge in [-0.05, 0) is 38.0 Å². The molecule has 0 saturated carbocycles. The smallest absolute Gasteiger partial charge is 0.214 e. The number of amides is 1. The monoisotopic (exact) mass is 269 g/mol. The van der Waals surface area contributed by atoms with E-state index in [4.69, 9.17) is 11.6 Å². The van der Waals surface area contributed by atoms with Gasteiger partial charge in [0.15, 0.2) is 0 Å². The zero-order valence-corrected chi connectivity index (χ0v) is 12.8. The molecule has 1 atom stereocenters. The molecule has 1 amide bonds. The molecule has 0 aliphatic carbocycles. The number of benzene rings is 1. The van der Waals surface area contributed by atoms with Gasteiger partial charge in [-0.2, -0.15) is 0 Å². The van der Waals surface area contributed by atoms with Crippen LogP contribution in [0.1, 0.15) is 46.1 Å². The number of hydrogen-bond donors (Lipinski definition) is 0. The van der Waals surface area contributed by atoms with Crippen LogP contribution < -0.4 is 4.90 Å². The van der Waals surface area contributed by atoms with Crippen LogP contribution in [0.4, 0.5) is 5.69 Å². The molecular weight excluding hydrogens is 246 g/mol. The average Bonchev–Trinajstić information content (AvgIpc) is 2.37. The minimum atomic E-state index is 0.210. The Morgan fingerprint density at radius 1 is 1.39 bits per heavy atom. The maximum Gasteiger partial charge on any atom is 0.214 e. The maximum atomic E-state index is 11.1. The predicted molar refractivity (Wildman–Crippen MR) is 80.5 cm³/mol. The fourth-order valence-electron chi connectivity index (χ4n) is 1.72. The second-order valence-corrected chi connectivity index (χ2v) is 4.49. The second kappa shape index (κ2) is 8.98. The van der Waals surface area contributed by atoms with E-state index >= 15 is 0 Å². The molecule has 1 aromatic carbocycles. The normalized spacial score (nSPS) is 11.2. The number of halogens is 1. The highest BCUT2D eigenvalue weighted by molar-refractivity contribution is 6.31. The van der Waals surface area contributed by atoms with Gasteiger partial charge in [-0.25, -0.2) is 0 Å². The van der Waals surface area contributed by atoms with Gasteiger partial charge >= 0.3 is 0 Å². The Kier molecular flexibility index (Phi) is 8.47. The number of nitrogens with zero attached hydrogens (tertiary/aromatic N) is 1. The second-order valence-electron chi connectivity index (χ2n) is 4.08. The lowest BCUT2D eigenvalue weighted by Crippen LogP contribution is -2.31. The van der Waals surface area contributed by atoms with Crippen LogP contribution in [-0.2, 0) is 4.79 Å². The van der Waals surface area contributed by atoms with Crippen LogP contribution in [0.5, 0.6) is 0 Å². The molecule has 1 aromatic rings. The Morgan fingerprint density at radius 2 is 2.00 bits per heavy atom. The van der Waals surface area contributed by atoms with E-state index in [0.29, 0.717) is 5.02 Å². The van der Waals surface area contributed by atoms with Crippen molar-refractivity contribution in [2.45, 2.75) is 53.5 Å². The minimum absolute atomic E-state index is 0.210. The lowest BCUT2D eigenvalue weighted by molar-refractivity contribution is -0.107. The Balaban J connectivity index is 0.00000137. The standard InChI is InChI=1S/C13H18ClNO.C2H6/c1-4-5-11(3)15(9-16)12-7-6-10(2)13(14)8-12;1-2/h6-9,11H,4-5H2,1-3H3;1-2H3. The van der Waals surface area contributed by atoms with Crippen molar-refractivity contribution in [3.05, 3.63) is 28.8 Å². The summed E-state index contributed by atoms with van der Waals surface area (Å²) in [5.41, 5.74) is 1.89. The molecule has 1 unspecified atom stereocenters. The zero-order valence-electron chi connectivity index (χ0n) is 12.0. The van der Waals surface area contributed by atoms with Crippen LogP contribution in [0.3, 0.4) is 0 Å². The lowest BCUT2D eigenvalue weighted by Gasteiger charge is -2.25. The third-order valence-electron chi connectivity index (χ3n) is 2.75. The minimum Gasteiger partial charge on any atom is -0.312 e. The molecule has 0 saturated heterocycles. The Labute approximate surface area is 116 Å². The molecule has 102 valence electrons. The van der Waals surface area contributed by atoms with Crippen LogP contribution in [0.25, 0.3) is 0 Å². The summed E-state index contributed by atoms with van der Waals surface area (Å²) in [6.45, 7) is 10.1. The molecule has 0 heterocycles. The first-order valence-corrected chi connectivity index (χ1v) is 6.97. The van der Waals surface area contributed by atoms with Gasteiger partial charge in [0.2, 0.25) is 6.41 Å². The van der Waals surface area contributed by atoms with Crippen LogP contribution in [-0.4, -0.2) is 12.5 Å². The molecule has 0 fully saturated rings. The lowest BCUT2D eigenvalue weighted by atomic mass is 10.1. The molecule has 0 spiro atoms. The summed E-state index contributed by atoms with van der Waals surface area (Å²) >= 11 is 6.05. The van der Waals surface area contributed by atoms with Crippen molar-refractivity contribution in [3.8, 4) is 0 Å². The summed E-state index contributed by atoms with van der Waals surface area (Å²) in [5.74, 6) is 0. The summed E-state index contributed by atoms with van der Waals surface area (Å²) in [6, 6.07) is 5.92. The van der Waals surface area contributed by atoms with Gasteiger partial charge in [0.25, 0.3) is 0 Å². The first-order chi connectivity index (χ1) is 8.60. The summed E-state index contributed by atoms with van der Waals surface area (Å²) < 4.78 is 0. The Hall–Kier alpha value is -1.02. The summed E-state index contributed by atoms with van der Waals surface area (Å²) in [5, 5.41) is 0.702. The van der Waals surface area contributed by atoms with Crippen molar-refractivity contribution >= 4 is 23.7 Å². The summed E-state index contributed by atoms with van der Waals surface area (Å²) in [6.07, 6.45) is 2.93. The number of anilines is 1. The molecular formula is C15H24ClNO. The molecule has 18 heavy (non-hydrogen) atoms. The van der Waals surface area contributed by atoms with E-state index in [1.165, 1.54) is 0 Å². The number of aryl methyl sites for hydroxylation is 1. The van der Waals surface area contributed by atoms with E-state index in [9.17, 15) is 4.79 Å². The van der Waals surface area contributed by atoms with E-state index in [1.54, 1.807) is 4.90 Å². The van der Waals surface area contributed by atoms with Gasteiger partial charge in [0, 0.05) is 16.8 Å². The van der Waals surface area contributed by atoms with Crippen molar-refractivity contribution in [1.82, 2.24) is 0 Å². The number of rotatable bonds is 5. The fourth-order valence-corrected chi connectivity index (χ4v) is 1.89. The van der Waals surface area contributed by atoms with Gasteiger partial charge in [-0.15, -0.1) is 0 Å². The molecule has 0 N–H and O–H groups in total. The van der Waals surface area contributed by atoms with Crippen LogP contribution >= 0.6 is 11.6 Å². The molecule has 0 aliphatic rings. The molecule has 2 nitrogen and oxygen atoms in total. The van der Waals surface area contributed by atoms with Crippen molar-refractivity contribution in [2.24, 2.45) is 0 Å². The van der Waals surface area contributed by atoms with E-state index in [1.807, 2.05) is 45.9 Å². The highest BCUT2D eigenvalue weighted by atomic mass is 35.5. The van der Waals surface area contributed by atoms with Gasteiger partial charge in [0.05, 0.1) is 0 Å². The highest BCUT2D eigenvalue weighted by Crippen LogP contribution is 2.24. The van der Waals surface area contributed by atoms with Crippen LogP contribution in [0.2, 0.25) is 5.02 Å². The summed E-state index contributed by atoms with van der Waals surface area (Å²) in [7, 11) is 0. The Morgan fingerprint density at radius 3 is 2.44 bits per heavy atom. The van der Waals surface area contributed by atoms with Crippen LogP contribution in [0.15, 0.2) is 18.2 Å². The largest absolute Gasteiger partial charge is 0.312 e. The Bertz CT molecular complexity index is 366. The van der Waals surface area contributed by atoms with E-state index < -0.39 is 0 Å². The van der Waals surface area contributed by atoms with Crippen molar-refractivity contribution in [3.63, 3.8) is 0 Å². The fraction of sp³-hybridized carbons (Fsp3) is 0.533. The number of carbonyl (C=O) groups is 1. The van der Waals surface area contributed by atoms with Crippen LogP contribution in [0, 0.1) is 6.92 Å². The molecule has 0 radical (unpaired) electrons. The van der Waals surface area contributed by atoms with E-state index in [2.05, 4.69) is 6.92 Å². The van der Waals surface area contributed by atoms with Gasteiger partial charge in [0.1, 0.15) is 0 Å². The molecule has 1 rings (SSSR count). The van der Waals surface area contributed by atoms with E-state index in [0.717, 1.165) is 30.5 Å². The van der Waals surface area contributed by atoms with Crippen molar-refractivity contribution in [2.75, 3.05) is 4.90 Å². The SMILES string of the molecule is CC.CCCC(C)N(C=O)c1ccc(C)c(Cl)c1. The third-order valence-corrected chi connectivity index (χ3v) is 3.16. The van der Waals surface area contributed by atoms with Gasteiger partial charge in [-0.3, -0.25) is 4.79 Å². The van der Waals surface area contributed by atoms with Crippen molar-refractivity contribution < 1.29 is 4.79 Å². The zero-order chi connectivity index (χ0) is 14.1. The molecule has 3 heteroatoms. The number of hydrogen-bond acceptors (Lipinski definition) is 1. The topological polar surface area (TPSA) is 20.3 Å².